The Morgan fingerprint density at radius 1 is 1.39 bits per heavy atom. The molecule has 1 saturated heterocycles. The molecule has 6 nitrogen and oxygen atoms in total. The van der Waals surface area contributed by atoms with Crippen molar-refractivity contribution in [3.63, 3.8) is 0 Å². The molecule has 0 amide bonds. The van der Waals surface area contributed by atoms with Crippen molar-refractivity contribution < 1.29 is 4.52 Å². The maximum absolute atomic E-state index is 5.15. The average molecular weight is 247 g/mol. The lowest BCUT2D eigenvalue weighted by molar-refractivity contribution is 0.442. The van der Waals surface area contributed by atoms with E-state index in [1.807, 2.05) is 6.92 Å². The number of rotatable bonds is 2. The normalized spacial score (nSPS) is 20.8. The summed E-state index contributed by atoms with van der Waals surface area (Å²) in [6.45, 7) is 3.98. The van der Waals surface area contributed by atoms with E-state index in [4.69, 9.17) is 4.52 Å². The molecule has 3 heterocycles. The number of nitrogens with one attached hydrogen (secondary N) is 2. The van der Waals surface area contributed by atoms with Crippen LogP contribution in [0.4, 0.5) is 5.82 Å². The van der Waals surface area contributed by atoms with Crippen molar-refractivity contribution in [3.05, 3.63) is 12.0 Å². The third-order valence-corrected chi connectivity index (χ3v) is 3.33. The third-order valence-electron chi connectivity index (χ3n) is 3.33. The van der Waals surface area contributed by atoms with Gasteiger partial charge in [-0.1, -0.05) is 11.6 Å². The highest BCUT2D eigenvalue weighted by molar-refractivity contribution is 5.87. The van der Waals surface area contributed by atoms with Gasteiger partial charge in [0, 0.05) is 12.6 Å². The monoisotopic (exact) mass is 247 g/mol. The fraction of sp³-hybridized carbons (Fsp3) is 0.583. The molecule has 2 N–H and O–H groups in total. The van der Waals surface area contributed by atoms with Crippen molar-refractivity contribution >= 4 is 16.9 Å². The minimum Gasteiger partial charge on any atom is -0.365 e. The van der Waals surface area contributed by atoms with Gasteiger partial charge in [0.05, 0.1) is 5.69 Å². The van der Waals surface area contributed by atoms with Crippen LogP contribution in [0.1, 0.15) is 25.0 Å². The zero-order chi connectivity index (χ0) is 12.4. The molecule has 96 valence electrons. The predicted octanol–water partition coefficient (Wildman–Crippen LogP) is 1.48. The number of nitrogens with zero attached hydrogens (tertiary/aromatic N) is 3. The highest BCUT2D eigenvalue weighted by atomic mass is 16.5. The summed E-state index contributed by atoms with van der Waals surface area (Å²) in [5.41, 5.74) is 1.38. The summed E-state index contributed by atoms with van der Waals surface area (Å²) in [5, 5.41) is 11.7. The molecule has 1 aliphatic rings. The Morgan fingerprint density at radius 2 is 2.33 bits per heavy atom. The first kappa shape index (κ1) is 11.4. The Hall–Kier alpha value is -1.69. The highest BCUT2D eigenvalue weighted by Crippen LogP contribution is 2.23. The van der Waals surface area contributed by atoms with Crippen molar-refractivity contribution in [3.8, 4) is 0 Å². The smallest absolute Gasteiger partial charge is 0.263 e. The van der Waals surface area contributed by atoms with Gasteiger partial charge in [-0.2, -0.15) is 4.98 Å². The van der Waals surface area contributed by atoms with Crippen LogP contribution in [0.2, 0.25) is 0 Å². The van der Waals surface area contributed by atoms with Gasteiger partial charge in [-0.15, -0.1) is 0 Å². The number of hydrogen-bond donors (Lipinski definition) is 2. The Labute approximate surface area is 105 Å². The van der Waals surface area contributed by atoms with Gasteiger partial charge in [-0.25, -0.2) is 4.98 Å². The molecule has 0 aliphatic carbocycles. The second-order valence-corrected chi connectivity index (χ2v) is 4.71. The summed E-state index contributed by atoms with van der Waals surface area (Å²) in [7, 11) is 0. The third kappa shape index (κ3) is 2.15. The van der Waals surface area contributed by atoms with Gasteiger partial charge >= 0.3 is 0 Å². The van der Waals surface area contributed by atoms with E-state index in [-0.39, 0.29) is 0 Å². The summed E-state index contributed by atoms with van der Waals surface area (Å²) >= 11 is 0. The van der Waals surface area contributed by atoms with Gasteiger partial charge < -0.3 is 15.2 Å². The van der Waals surface area contributed by atoms with Gasteiger partial charge in [-0.05, 0) is 26.3 Å². The molecule has 0 spiro atoms. The Bertz CT molecular complexity index is 530. The first-order chi connectivity index (χ1) is 8.84. The van der Waals surface area contributed by atoms with Crippen molar-refractivity contribution in [1.82, 2.24) is 20.4 Å². The van der Waals surface area contributed by atoms with E-state index < -0.39 is 0 Å². The van der Waals surface area contributed by atoms with E-state index in [0.29, 0.717) is 11.8 Å². The topological polar surface area (TPSA) is 75.9 Å². The molecule has 0 aromatic carbocycles. The number of aromatic nitrogens is 3. The predicted molar refractivity (Wildman–Crippen MR) is 68.5 cm³/mol. The van der Waals surface area contributed by atoms with Crippen LogP contribution in [0.15, 0.2) is 10.9 Å². The summed E-state index contributed by atoms with van der Waals surface area (Å²) in [6, 6.07) is 0.403. The van der Waals surface area contributed by atoms with E-state index >= 15 is 0 Å². The van der Waals surface area contributed by atoms with Gasteiger partial charge in [-0.3, -0.25) is 0 Å². The lowest BCUT2D eigenvalue weighted by atomic mass is 10.1. The van der Waals surface area contributed by atoms with Crippen LogP contribution < -0.4 is 10.6 Å². The molecular formula is C12H17N5O. The van der Waals surface area contributed by atoms with E-state index in [1.165, 1.54) is 19.2 Å². The van der Waals surface area contributed by atoms with Crippen LogP contribution >= 0.6 is 0 Å². The lowest BCUT2D eigenvalue weighted by Crippen LogP contribution is -2.31. The van der Waals surface area contributed by atoms with E-state index in [2.05, 4.69) is 25.8 Å². The SMILES string of the molecule is Cc1noc2ncnc(NC3CCCCNC3)c12. The standard InChI is InChI=1S/C12H17N5O/c1-8-10-11(14-7-15-12(10)18-17-8)16-9-4-2-3-5-13-6-9/h7,9,13H,2-6H2,1H3,(H,14,15,16). The van der Waals surface area contributed by atoms with Crippen molar-refractivity contribution in [2.45, 2.75) is 32.2 Å². The van der Waals surface area contributed by atoms with E-state index in [1.54, 1.807) is 0 Å². The fourth-order valence-electron chi connectivity index (χ4n) is 2.37. The second kappa shape index (κ2) is 4.89. The Balaban J connectivity index is 1.87. The average Bonchev–Trinajstić information content (AvgIpc) is 2.61. The summed E-state index contributed by atoms with van der Waals surface area (Å²) in [4.78, 5) is 8.39. The maximum Gasteiger partial charge on any atom is 0.263 e. The molecule has 3 rings (SSSR count). The number of hydrogen-bond acceptors (Lipinski definition) is 6. The molecule has 2 aromatic rings. The molecule has 0 bridgehead atoms. The molecule has 1 atom stereocenters. The van der Waals surface area contributed by atoms with Crippen LogP contribution in [-0.4, -0.2) is 34.3 Å². The summed E-state index contributed by atoms with van der Waals surface area (Å²) < 4.78 is 5.15. The van der Waals surface area contributed by atoms with Gasteiger partial charge in [0.1, 0.15) is 17.5 Å². The molecule has 1 aliphatic heterocycles. The highest BCUT2D eigenvalue weighted by Gasteiger charge is 2.16. The Morgan fingerprint density at radius 3 is 3.28 bits per heavy atom. The van der Waals surface area contributed by atoms with Crippen LogP contribution in [0.3, 0.4) is 0 Å². The minimum absolute atomic E-state index is 0.403. The largest absolute Gasteiger partial charge is 0.365 e. The molecule has 6 heteroatoms. The van der Waals surface area contributed by atoms with Crippen LogP contribution in [0.5, 0.6) is 0 Å². The second-order valence-electron chi connectivity index (χ2n) is 4.71. The zero-order valence-electron chi connectivity index (χ0n) is 10.4. The van der Waals surface area contributed by atoms with Crippen molar-refractivity contribution in [2.75, 3.05) is 18.4 Å². The van der Waals surface area contributed by atoms with E-state index in [0.717, 1.165) is 36.4 Å². The van der Waals surface area contributed by atoms with Crippen LogP contribution in [0, 0.1) is 6.92 Å². The fourth-order valence-corrected chi connectivity index (χ4v) is 2.37. The van der Waals surface area contributed by atoms with Crippen molar-refractivity contribution in [1.29, 1.82) is 0 Å². The molecule has 2 aromatic heterocycles. The Kier molecular flexibility index (Phi) is 3.10. The zero-order valence-corrected chi connectivity index (χ0v) is 10.4. The first-order valence-corrected chi connectivity index (χ1v) is 6.39. The van der Waals surface area contributed by atoms with E-state index in [9.17, 15) is 0 Å². The molecule has 1 fully saturated rings. The molecular weight excluding hydrogens is 230 g/mol. The quantitative estimate of drug-likeness (QED) is 0.837. The molecule has 18 heavy (non-hydrogen) atoms. The maximum atomic E-state index is 5.15. The number of fused-ring (bicyclic) bond motifs is 1. The molecule has 1 unspecified atom stereocenters. The summed E-state index contributed by atoms with van der Waals surface area (Å²) in [6.07, 6.45) is 5.15. The molecule has 0 radical (unpaired) electrons. The van der Waals surface area contributed by atoms with Gasteiger partial charge in [0.15, 0.2) is 0 Å². The van der Waals surface area contributed by atoms with Gasteiger partial charge in [0.2, 0.25) is 0 Å². The van der Waals surface area contributed by atoms with Gasteiger partial charge in [0.25, 0.3) is 5.71 Å². The number of aryl methyl sites for hydroxylation is 1. The first-order valence-electron chi connectivity index (χ1n) is 6.39. The minimum atomic E-state index is 0.403. The summed E-state index contributed by atoms with van der Waals surface area (Å²) in [5.74, 6) is 0.826. The molecule has 0 saturated carbocycles. The van der Waals surface area contributed by atoms with Crippen LogP contribution in [0.25, 0.3) is 11.1 Å². The van der Waals surface area contributed by atoms with Crippen LogP contribution in [-0.2, 0) is 0 Å². The number of anilines is 1. The lowest BCUT2D eigenvalue weighted by Gasteiger charge is -2.17. The van der Waals surface area contributed by atoms with Crippen molar-refractivity contribution in [2.24, 2.45) is 0 Å².